The standard InChI is InChI=1S/C13H11N3O5/c17-11-6-14-10(5-15-11)13(20)16-8-1-3-9(4-2-8)21-7-12(18)19/h1-6H,7H2,(H,15,17)(H,16,20)(H,18,19). The highest BCUT2D eigenvalue weighted by Gasteiger charge is 2.07. The molecule has 2 aromatic rings. The second kappa shape index (κ2) is 6.33. The van der Waals surface area contributed by atoms with Crippen LogP contribution in [0.15, 0.2) is 41.5 Å². The maximum atomic E-state index is 11.8. The Morgan fingerprint density at radius 3 is 2.57 bits per heavy atom. The highest BCUT2D eigenvalue weighted by Crippen LogP contribution is 2.16. The monoisotopic (exact) mass is 289 g/mol. The normalized spacial score (nSPS) is 9.90. The Balaban J connectivity index is 1.99. The van der Waals surface area contributed by atoms with Crippen molar-refractivity contribution >= 4 is 17.6 Å². The second-order valence-corrected chi connectivity index (χ2v) is 3.96. The maximum Gasteiger partial charge on any atom is 0.341 e. The molecule has 0 bridgehead atoms. The van der Waals surface area contributed by atoms with E-state index >= 15 is 0 Å². The van der Waals surface area contributed by atoms with Gasteiger partial charge in [-0.15, -0.1) is 0 Å². The van der Waals surface area contributed by atoms with Gasteiger partial charge in [0.05, 0.1) is 6.20 Å². The molecule has 0 fully saturated rings. The number of aromatic amines is 1. The van der Waals surface area contributed by atoms with Gasteiger partial charge in [-0.2, -0.15) is 0 Å². The zero-order chi connectivity index (χ0) is 15.2. The number of aliphatic carboxylic acids is 1. The van der Waals surface area contributed by atoms with E-state index in [1.165, 1.54) is 18.3 Å². The van der Waals surface area contributed by atoms with E-state index in [1.54, 1.807) is 12.1 Å². The molecule has 1 aromatic carbocycles. The molecule has 8 nitrogen and oxygen atoms in total. The molecule has 0 radical (unpaired) electrons. The summed E-state index contributed by atoms with van der Waals surface area (Å²) in [4.78, 5) is 39.1. The molecule has 1 heterocycles. The summed E-state index contributed by atoms with van der Waals surface area (Å²) in [6.07, 6.45) is 2.22. The average molecular weight is 289 g/mol. The number of rotatable bonds is 5. The molecule has 2 rings (SSSR count). The van der Waals surface area contributed by atoms with Gasteiger partial charge >= 0.3 is 5.97 Å². The topological polar surface area (TPSA) is 121 Å². The third-order valence-electron chi connectivity index (χ3n) is 2.38. The van der Waals surface area contributed by atoms with E-state index < -0.39 is 24.0 Å². The van der Waals surface area contributed by atoms with E-state index in [1.807, 2.05) is 0 Å². The first-order chi connectivity index (χ1) is 10.0. The molecule has 0 unspecified atom stereocenters. The Bertz CT molecular complexity index is 688. The fraction of sp³-hybridized carbons (Fsp3) is 0.0769. The number of benzene rings is 1. The van der Waals surface area contributed by atoms with Crippen LogP contribution in [0.25, 0.3) is 0 Å². The van der Waals surface area contributed by atoms with Crippen LogP contribution in [-0.4, -0.2) is 33.6 Å². The summed E-state index contributed by atoms with van der Waals surface area (Å²) in [5.74, 6) is -1.18. The summed E-state index contributed by atoms with van der Waals surface area (Å²) >= 11 is 0. The van der Waals surface area contributed by atoms with Crippen LogP contribution in [0, 0.1) is 0 Å². The van der Waals surface area contributed by atoms with Gasteiger partial charge in [-0.25, -0.2) is 9.78 Å². The number of carbonyl (C=O) groups excluding carboxylic acids is 1. The molecular formula is C13H11N3O5. The lowest BCUT2D eigenvalue weighted by molar-refractivity contribution is -0.139. The first kappa shape index (κ1) is 14.3. The van der Waals surface area contributed by atoms with Gasteiger partial charge in [0, 0.05) is 11.9 Å². The van der Waals surface area contributed by atoms with Crippen LogP contribution in [0.1, 0.15) is 10.5 Å². The lowest BCUT2D eigenvalue weighted by atomic mass is 10.3. The number of nitrogens with zero attached hydrogens (tertiary/aromatic N) is 1. The minimum Gasteiger partial charge on any atom is -0.482 e. The van der Waals surface area contributed by atoms with Gasteiger partial charge in [0.25, 0.3) is 11.5 Å². The Morgan fingerprint density at radius 1 is 1.29 bits per heavy atom. The van der Waals surface area contributed by atoms with Crippen LogP contribution >= 0.6 is 0 Å². The molecule has 1 aromatic heterocycles. The molecule has 0 aliphatic heterocycles. The number of hydrogen-bond acceptors (Lipinski definition) is 5. The van der Waals surface area contributed by atoms with Gasteiger partial charge in [-0.1, -0.05) is 0 Å². The molecule has 108 valence electrons. The predicted octanol–water partition coefficient (Wildman–Crippen LogP) is 0.486. The second-order valence-electron chi connectivity index (χ2n) is 3.96. The van der Waals surface area contributed by atoms with Crippen molar-refractivity contribution in [2.75, 3.05) is 11.9 Å². The van der Waals surface area contributed by atoms with E-state index in [0.29, 0.717) is 11.4 Å². The fourth-order valence-corrected chi connectivity index (χ4v) is 1.44. The zero-order valence-electron chi connectivity index (χ0n) is 10.7. The number of carboxylic acid groups (broad SMARTS) is 1. The molecule has 8 heteroatoms. The summed E-state index contributed by atoms with van der Waals surface area (Å²) < 4.78 is 4.96. The third-order valence-corrected chi connectivity index (χ3v) is 2.38. The molecular weight excluding hydrogens is 278 g/mol. The molecule has 1 amide bonds. The lowest BCUT2D eigenvalue weighted by Gasteiger charge is -2.06. The van der Waals surface area contributed by atoms with Crippen molar-refractivity contribution in [1.82, 2.24) is 9.97 Å². The Hall–Kier alpha value is -3.16. The van der Waals surface area contributed by atoms with Crippen LogP contribution < -0.4 is 15.6 Å². The molecule has 0 aliphatic carbocycles. The first-order valence-electron chi connectivity index (χ1n) is 5.85. The van der Waals surface area contributed by atoms with Crippen LogP contribution in [0.2, 0.25) is 0 Å². The first-order valence-corrected chi connectivity index (χ1v) is 5.85. The Kier molecular flexibility index (Phi) is 4.30. The number of anilines is 1. The highest BCUT2D eigenvalue weighted by molar-refractivity contribution is 6.02. The van der Waals surface area contributed by atoms with E-state index in [0.717, 1.165) is 6.20 Å². The summed E-state index contributed by atoms with van der Waals surface area (Å²) in [7, 11) is 0. The van der Waals surface area contributed by atoms with Gasteiger partial charge in [-0.05, 0) is 24.3 Å². The summed E-state index contributed by atoms with van der Waals surface area (Å²) in [5, 5.41) is 11.1. The van der Waals surface area contributed by atoms with Gasteiger partial charge in [0.1, 0.15) is 11.4 Å². The number of nitrogens with one attached hydrogen (secondary N) is 2. The summed E-state index contributed by atoms with van der Waals surface area (Å²) in [6, 6.07) is 6.17. The van der Waals surface area contributed by atoms with Gasteiger partial charge in [-0.3, -0.25) is 9.59 Å². The molecule has 0 atom stereocenters. The zero-order valence-corrected chi connectivity index (χ0v) is 10.7. The molecule has 0 saturated heterocycles. The van der Waals surface area contributed by atoms with Crippen molar-refractivity contribution in [2.45, 2.75) is 0 Å². The number of aromatic nitrogens is 2. The van der Waals surface area contributed by atoms with E-state index in [9.17, 15) is 14.4 Å². The van der Waals surface area contributed by atoms with Crippen LogP contribution in [0.3, 0.4) is 0 Å². The molecule has 0 saturated carbocycles. The Labute approximate surface area is 118 Å². The third kappa shape index (κ3) is 4.16. The van der Waals surface area contributed by atoms with Crippen molar-refractivity contribution < 1.29 is 19.4 Å². The molecule has 3 N–H and O–H groups in total. The van der Waals surface area contributed by atoms with Crippen LogP contribution in [0.5, 0.6) is 5.75 Å². The van der Waals surface area contributed by atoms with Crippen LogP contribution in [-0.2, 0) is 4.79 Å². The maximum absolute atomic E-state index is 11.8. The van der Waals surface area contributed by atoms with Crippen molar-refractivity contribution in [1.29, 1.82) is 0 Å². The lowest BCUT2D eigenvalue weighted by Crippen LogP contribution is -2.16. The predicted molar refractivity (Wildman–Crippen MR) is 72.4 cm³/mol. The number of amides is 1. The average Bonchev–Trinajstić information content (AvgIpc) is 2.47. The minimum absolute atomic E-state index is 0.0702. The largest absolute Gasteiger partial charge is 0.482 e. The highest BCUT2D eigenvalue weighted by atomic mass is 16.5. The molecule has 0 aliphatic rings. The van der Waals surface area contributed by atoms with Crippen molar-refractivity contribution in [3.8, 4) is 5.75 Å². The van der Waals surface area contributed by atoms with E-state index in [-0.39, 0.29) is 5.69 Å². The van der Waals surface area contributed by atoms with E-state index in [2.05, 4.69) is 15.3 Å². The number of H-pyrrole nitrogens is 1. The summed E-state index contributed by atoms with van der Waals surface area (Å²) in [5.41, 5.74) is 0.156. The minimum atomic E-state index is -1.07. The number of ether oxygens (including phenoxy) is 1. The van der Waals surface area contributed by atoms with Crippen molar-refractivity contribution in [3.05, 3.63) is 52.7 Å². The SMILES string of the molecule is O=C(O)COc1ccc(NC(=O)c2c[nH]c(=O)cn2)cc1. The van der Waals surface area contributed by atoms with Crippen molar-refractivity contribution in [2.24, 2.45) is 0 Å². The van der Waals surface area contributed by atoms with Gasteiger partial charge < -0.3 is 20.1 Å². The fourth-order valence-electron chi connectivity index (χ4n) is 1.44. The quantitative estimate of drug-likeness (QED) is 0.736. The van der Waals surface area contributed by atoms with E-state index in [4.69, 9.17) is 9.84 Å². The van der Waals surface area contributed by atoms with Gasteiger partial charge in [0.15, 0.2) is 6.61 Å². The number of hydrogen-bond donors (Lipinski definition) is 3. The summed E-state index contributed by atoms with van der Waals surface area (Å²) in [6.45, 7) is -0.437. The smallest absolute Gasteiger partial charge is 0.341 e. The van der Waals surface area contributed by atoms with Gasteiger partial charge in [0.2, 0.25) is 0 Å². The number of carboxylic acids is 1. The van der Waals surface area contributed by atoms with Crippen LogP contribution in [0.4, 0.5) is 5.69 Å². The Morgan fingerprint density at radius 2 is 2.00 bits per heavy atom. The number of carbonyl (C=O) groups is 2. The molecule has 21 heavy (non-hydrogen) atoms. The van der Waals surface area contributed by atoms with Crippen molar-refractivity contribution in [3.63, 3.8) is 0 Å². The molecule has 0 spiro atoms.